The molecule has 1 aromatic rings. The van der Waals surface area contributed by atoms with Crippen molar-refractivity contribution in [1.29, 1.82) is 0 Å². The molecular formula is C13H20N2O3S2. The van der Waals surface area contributed by atoms with Gasteiger partial charge in [0, 0.05) is 17.5 Å². The monoisotopic (exact) mass is 316 g/mol. The third-order valence-corrected chi connectivity index (χ3v) is 4.74. The summed E-state index contributed by atoms with van der Waals surface area (Å²) in [6, 6.07) is 5.93. The number of nitrogens with two attached hydrogens (primary N) is 1. The summed E-state index contributed by atoms with van der Waals surface area (Å²) in [6.07, 6.45) is 0. The molecule has 0 saturated carbocycles. The Balaban J connectivity index is 2.77. The Morgan fingerprint density at radius 3 is 2.15 bits per heavy atom. The number of nitrogens with zero attached hydrogens (tertiary/aromatic N) is 1. The quantitative estimate of drug-likeness (QED) is 0.919. The van der Waals surface area contributed by atoms with E-state index in [1.165, 1.54) is 17.0 Å². The van der Waals surface area contributed by atoms with Crippen LogP contribution >= 0.6 is 11.8 Å². The predicted molar refractivity (Wildman–Crippen MR) is 83.4 cm³/mol. The number of hydrogen-bond donors (Lipinski definition) is 1. The van der Waals surface area contributed by atoms with Gasteiger partial charge in [0.2, 0.25) is 15.9 Å². The summed E-state index contributed by atoms with van der Waals surface area (Å²) >= 11 is 1.56. The van der Waals surface area contributed by atoms with Gasteiger partial charge in [-0.1, -0.05) is 20.8 Å². The number of thioether (sulfide) groups is 1. The molecule has 20 heavy (non-hydrogen) atoms. The van der Waals surface area contributed by atoms with Crippen molar-refractivity contribution in [1.82, 2.24) is 0 Å². The molecule has 0 unspecified atom stereocenters. The molecule has 1 amide bonds. The summed E-state index contributed by atoms with van der Waals surface area (Å²) < 4.78 is 22.3. The molecular weight excluding hydrogens is 296 g/mol. The van der Waals surface area contributed by atoms with Crippen molar-refractivity contribution in [2.75, 3.05) is 17.7 Å². The molecule has 0 saturated heterocycles. The maximum atomic E-state index is 12.0. The van der Waals surface area contributed by atoms with Crippen molar-refractivity contribution in [3.05, 3.63) is 24.3 Å². The van der Waals surface area contributed by atoms with E-state index in [0.29, 0.717) is 11.4 Å². The van der Waals surface area contributed by atoms with Crippen LogP contribution in [0.4, 0.5) is 5.69 Å². The summed E-state index contributed by atoms with van der Waals surface area (Å²) in [5.74, 6) is 0.338. The fourth-order valence-corrected chi connectivity index (χ4v) is 2.64. The van der Waals surface area contributed by atoms with Gasteiger partial charge in [0.05, 0.1) is 10.6 Å². The van der Waals surface area contributed by atoms with E-state index < -0.39 is 10.0 Å². The number of carbonyl (C=O) groups excluding carboxylic acids is 1. The van der Waals surface area contributed by atoms with Crippen molar-refractivity contribution >= 4 is 33.4 Å². The number of anilines is 1. The molecule has 0 fully saturated rings. The van der Waals surface area contributed by atoms with Crippen molar-refractivity contribution in [2.24, 2.45) is 5.14 Å². The molecule has 2 N–H and O–H groups in total. The molecule has 7 heteroatoms. The standard InChI is InChI=1S/C13H20N2O3S2/c1-13(2,3)19-9-12(16)15(4)10-5-7-11(8-6-10)20(14,17)18/h5-8H,9H2,1-4H3,(H2,14,17,18). The third-order valence-electron chi connectivity index (χ3n) is 2.56. The molecule has 0 bridgehead atoms. The maximum Gasteiger partial charge on any atom is 0.238 e. The number of primary sulfonamides is 1. The minimum atomic E-state index is -3.70. The Morgan fingerprint density at radius 2 is 1.75 bits per heavy atom. The second-order valence-corrected chi connectivity index (χ2v) is 8.76. The summed E-state index contributed by atoms with van der Waals surface area (Å²) in [7, 11) is -2.04. The molecule has 0 aromatic heterocycles. The Bertz CT molecular complexity index is 575. The lowest BCUT2D eigenvalue weighted by Gasteiger charge is -2.21. The Hall–Kier alpha value is -1.05. The zero-order valence-corrected chi connectivity index (χ0v) is 13.7. The second kappa shape index (κ2) is 6.15. The van der Waals surface area contributed by atoms with E-state index >= 15 is 0 Å². The van der Waals surface area contributed by atoms with Gasteiger partial charge in [-0.05, 0) is 24.3 Å². The molecule has 0 aliphatic rings. The van der Waals surface area contributed by atoms with Crippen molar-refractivity contribution < 1.29 is 13.2 Å². The Morgan fingerprint density at radius 1 is 1.25 bits per heavy atom. The normalized spacial score (nSPS) is 12.2. The van der Waals surface area contributed by atoms with Gasteiger partial charge in [-0.3, -0.25) is 4.79 Å². The summed E-state index contributed by atoms with van der Waals surface area (Å²) in [5, 5.41) is 5.03. The first-order valence-corrected chi connectivity index (χ1v) is 8.57. The summed E-state index contributed by atoms with van der Waals surface area (Å²) in [4.78, 5) is 13.6. The van der Waals surface area contributed by atoms with Crippen molar-refractivity contribution in [3.8, 4) is 0 Å². The van der Waals surface area contributed by atoms with Gasteiger partial charge in [0.25, 0.3) is 0 Å². The first kappa shape index (κ1) is 17.0. The highest BCUT2D eigenvalue weighted by molar-refractivity contribution is 8.01. The minimum Gasteiger partial charge on any atom is -0.315 e. The minimum absolute atomic E-state index is 0.0218. The molecule has 5 nitrogen and oxygen atoms in total. The van der Waals surface area contributed by atoms with E-state index in [4.69, 9.17) is 5.14 Å². The van der Waals surface area contributed by atoms with Gasteiger partial charge in [-0.25, -0.2) is 13.6 Å². The van der Waals surface area contributed by atoms with Crippen LogP contribution < -0.4 is 10.0 Å². The molecule has 1 rings (SSSR count). The van der Waals surface area contributed by atoms with Crippen LogP contribution in [0.25, 0.3) is 0 Å². The van der Waals surface area contributed by atoms with Crippen LogP contribution in [-0.2, 0) is 14.8 Å². The molecule has 0 aliphatic carbocycles. The molecule has 0 aliphatic heterocycles. The van der Waals surface area contributed by atoms with Crippen LogP contribution in [0.15, 0.2) is 29.2 Å². The van der Waals surface area contributed by atoms with Gasteiger partial charge in [-0.15, -0.1) is 11.8 Å². The molecule has 1 aromatic carbocycles. The van der Waals surface area contributed by atoms with Crippen LogP contribution in [0.2, 0.25) is 0 Å². The largest absolute Gasteiger partial charge is 0.315 e. The van der Waals surface area contributed by atoms with Gasteiger partial charge in [-0.2, -0.15) is 0 Å². The highest BCUT2D eigenvalue weighted by Gasteiger charge is 2.17. The average Bonchev–Trinajstić information content (AvgIpc) is 2.33. The molecule has 0 heterocycles. The van der Waals surface area contributed by atoms with Crippen LogP contribution in [0.3, 0.4) is 0 Å². The molecule has 0 spiro atoms. The van der Waals surface area contributed by atoms with Crippen molar-refractivity contribution in [2.45, 2.75) is 30.4 Å². The first-order valence-electron chi connectivity index (χ1n) is 6.04. The third kappa shape index (κ3) is 5.15. The number of sulfonamides is 1. The van der Waals surface area contributed by atoms with E-state index in [0.717, 1.165) is 0 Å². The number of hydrogen-bond acceptors (Lipinski definition) is 4. The fraction of sp³-hybridized carbons (Fsp3) is 0.462. The number of amides is 1. The van der Waals surface area contributed by atoms with E-state index in [1.807, 2.05) is 20.8 Å². The van der Waals surface area contributed by atoms with Crippen LogP contribution in [0.1, 0.15) is 20.8 Å². The lowest BCUT2D eigenvalue weighted by atomic mass is 10.3. The van der Waals surface area contributed by atoms with E-state index in [1.54, 1.807) is 30.9 Å². The Labute approximate surface area is 124 Å². The predicted octanol–water partition coefficient (Wildman–Crippen LogP) is 1.83. The summed E-state index contributed by atoms with van der Waals surface area (Å²) in [6.45, 7) is 6.14. The van der Waals surface area contributed by atoms with E-state index in [-0.39, 0.29) is 15.5 Å². The summed E-state index contributed by atoms with van der Waals surface area (Å²) in [5.41, 5.74) is 0.636. The highest BCUT2D eigenvalue weighted by Crippen LogP contribution is 2.24. The Kier molecular flexibility index (Phi) is 5.23. The van der Waals surface area contributed by atoms with Gasteiger partial charge < -0.3 is 4.90 Å². The fourth-order valence-electron chi connectivity index (χ4n) is 1.38. The lowest BCUT2D eigenvalue weighted by Crippen LogP contribution is -2.29. The van der Waals surface area contributed by atoms with E-state index in [9.17, 15) is 13.2 Å². The average molecular weight is 316 g/mol. The highest BCUT2D eigenvalue weighted by atomic mass is 32.2. The number of carbonyl (C=O) groups is 1. The zero-order valence-electron chi connectivity index (χ0n) is 12.1. The zero-order chi connectivity index (χ0) is 15.6. The van der Waals surface area contributed by atoms with E-state index in [2.05, 4.69) is 0 Å². The second-order valence-electron chi connectivity index (χ2n) is 5.39. The van der Waals surface area contributed by atoms with Crippen molar-refractivity contribution in [3.63, 3.8) is 0 Å². The maximum absolute atomic E-state index is 12.0. The van der Waals surface area contributed by atoms with Crippen LogP contribution in [0, 0.1) is 0 Å². The topological polar surface area (TPSA) is 80.5 Å². The molecule has 0 radical (unpaired) electrons. The first-order chi connectivity index (χ1) is 9.00. The number of rotatable bonds is 4. The smallest absolute Gasteiger partial charge is 0.238 e. The van der Waals surface area contributed by atoms with Crippen LogP contribution in [0.5, 0.6) is 0 Å². The number of benzene rings is 1. The van der Waals surface area contributed by atoms with Gasteiger partial charge >= 0.3 is 0 Å². The molecule has 0 atom stereocenters. The van der Waals surface area contributed by atoms with Gasteiger partial charge in [0.15, 0.2) is 0 Å². The lowest BCUT2D eigenvalue weighted by molar-refractivity contribution is -0.115. The van der Waals surface area contributed by atoms with Gasteiger partial charge in [0.1, 0.15) is 0 Å². The van der Waals surface area contributed by atoms with Crippen LogP contribution in [-0.4, -0.2) is 31.9 Å². The molecule has 112 valence electrons. The SMILES string of the molecule is CN(C(=O)CSC(C)(C)C)c1ccc(S(N)(=O)=O)cc1.